The van der Waals surface area contributed by atoms with Gasteiger partial charge in [-0.05, 0) is 0 Å². The summed E-state index contributed by atoms with van der Waals surface area (Å²) >= 11 is 0. The van der Waals surface area contributed by atoms with Gasteiger partial charge in [-0.3, -0.25) is 0 Å². The highest BCUT2D eigenvalue weighted by Crippen LogP contribution is 2.41. The molecular formula is C5H11O5P. The van der Waals surface area contributed by atoms with Crippen LogP contribution in [0, 0.1) is 5.41 Å². The summed E-state index contributed by atoms with van der Waals surface area (Å²) in [5.74, 6) is 0. The van der Waals surface area contributed by atoms with Crippen LogP contribution in [-0.4, -0.2) is 41.5 Å². The van der Waals surface area contributed by atoms with Gasteiger partial charge in [0.1, 0.15) is 0 Å². The van der Waals surface area contributed by atoms with Crippen molar-refractivity contribution in [1.29, 1.82) is 0 Å². The molecule has 1 aliphatic rings. The van der Waals surface area contributed by atoms with Crippen molar-refractivity contribution in [2.45, 2.75) is 0 Å². The maximum absolute atomic E-state index is 8.83. The second-order valence-corrected chi connectivity index (χ2v) is 3.59. The summed E-state index contributed by atoms with van der Waals surface area (Å²) in [7, 11) is -1.78. The third-order valence-corrected chi connectivity index (χ3v) is 2.33. The van der Waals surface area contributed by atoms with Crippen LogP contribution in [0.25, 0.3) is 0 Å². The molecule has 6 heteroatoms. The van der Waals surface area contributed by atoms with Crippen LogP contribution in [-0.2, 0) is 9.05 Å². The highest BCUT2D eigenvalue weighted by Gasteiger charge is 2.36. The van der Waals surface area contributed by atoms with E-state index in [0.717, 1.165) is 0 Å². The molecule has 0 aromatic rings. The van der Waals surface area contributed by atoms with E-state index in [1.165, 1.54) is 0 Å². The van der Waals surface area contributed by atoms with Crippen molar-refractivity contribution in [2.75, 3.05) is 26.4 Å². The molecule has 0 spiro atoms. The second-order valence-electron chi connectivity index (χ2n) is 2.60. The molecule has 3 N–H and O–H groups in total. The standard InChI is InChI=1S/C5H11O5P/c6-1-5(2-7)3-9-11(8)10-4-5/h6-8H,1-4H2. The topological polar surface area (TPSA) is 79.2 Å². The fourth-order valence-electron chi connectivity index (χ4n) is 0.696. The van der Waals surface area contributed by atoms with Crippen molar-refractivity contribution in [2.24, 2.45) is 5.41 Å². The summed E-state index contributed by atoms with van der Waals surface area (Å²) in [6.45, 7) is -0.121. The lowest BCUT2D eigenvalue weighted by molar-refractivity contribution is -0.0529. The Morgan fingerprint density at radius 2 is 1.64 bits per heavy atom. The minimum atomic E-state index is -1.78. The Balaban J connectivity index is 2.45. The Kier molecular flexibility index (Phi) is 3.18. The fourth-order valence-corrected chi connectivity index (χ4v) is 1.54. The molecule has 5 nitrogen and oxygen atoms in total. The fraction of sp³-hybridized carbons (Fsp3) is 1.00. The van der Waals surface area contributed by atoms with Crippen LogP contribution in [0.15, 0.2) is 0 Å². The van der Waals surface area contributed by atoms with Crippen LogP contribution in [0.5, 0.6) is 0 Å². The maximum Gasteiger partial charge on any atom is 0.329 e. The van der Waals surface area contributed by atoms with E-state index in [1.54, 1.807) is 0 Å². The number of hydrogen-bond acceptors (Lipinski definition) is 5. The number of aliphatic hydroxyl groups is 2. The molecule has 0 saturated carbocycles. The largest absolute Gasteiger partial charge is 0.396 e. The van der Waals surface area contributed by atoms with E-state index in [2.05, 4.69) is 0 Å². The first kappa shape index (κ1) is 9.32. The van der Waals surface area contributed by atoms with Crippen molar-refractivity contribution in [3.05, 3.63) is 0 Å². The van der Waals surface area contributed by atoms with Crippen LogP contribution < -0.4 is 0 Å². The van der Waals surface area contributed by atoms with Crippen molar-refractivity contribution >= 4 is 8.60 Å². The Morgan fingerprint density at radius 3 is 2.00 bits per heavy atom. The van der Waals surface area contributed by atoms with Gasteiger partial charge in [0, 0.05) is 0 Å². The predicted molar refractivity (Wildman–Crippen MR) is 37.6 cm³/mol. The van der Waals surface area contributed by atoms with E-state index in [1.807, 2.05) is 0 Å². The highest BCUT2D eigenvalue weighted by atomic mass is 31.2. The third kappa shape index (κ3) is 2.08. The maximum atomic E-state index is 8.83. The Labute approximate surface area is 65.6 Å². The quantitative estimate of drug-likeness (QED) is 0.488. The van der Waals surface area contributed by atoms with Crippen LogP contribution in [0.2, 0.25) is 0 Å². The van der Waals surface area contributed by atoms with Crippen LogP contribution in [0.4, 0.5) is 0 Å². The van der Waals surface area contributed by atoms with Gasteiger partial charge in [0.05, 0.1) is 31.8 Å². The average Bonchev–Trinajstić information content (AvgIpc) is 2.07. The summed E-state index contributed by atoms with van der Waals surface area (Å²) in [5, 5.41) is 17.7. The predicted octanol–water partition coefficient (Wildman–Crippen LogP) is -0.777. The molecule has 1 saturated heterocycles. The zero-order chi connectivity index (χ0) is 8.32. The van der Waals surface area contributed by atoms with Gasteiger partial charge in [0.2, 0.25) is 0 Å². The molecule has 1 aliphatic heterocycles. The van der Waals surface area contributed by atoms with Gasteiger partial charge in [-0.1, -0.05) is 0 Å². The van der Waals surface area contributed by atoms with E-state index in [-0.39, 0.29) is 26.4 Å². The van der Waals surface area contributed by atoms with E-state index in [4.69, 9.17) is 24.2 Å². The van der Waals surface area contributed by atoms with Gasteiger partial charge >= 0.3 is 8.60 Å². The smallest absolute Gasteiger partial charge is 0.329 e. The molecule has 0 radical (unpaired) electrons. The molecule has 1 heterocycles. The molecule has 0 aromatic carbocycles. The lowest BCUT2D eigenvalue weighted by atomic mass is 9.93. The molecule has 1 rings (SSSR count). The van der Waals surface area contributed by atoms with Crippen molar-refractivity contribution in [3.63, 3.8) is 0 Å². The zero-order valence-corrected chi connectivity index (χ0v) is 6.83. The number of aliphatic hydroxyl groups excluding tert-OH is 2. The van der Waals surface area contributed by atoms with Gasteiger partial charge in [-0.25, -0.2) is 0 Å². The second kappa shape index (κ2) is 3.76. The molecule has 0 bridgehead atoms. The van der Waals surface area contributed by atoms with Gasteiger partial charge in [0.15, 0.2) is 0 Å². The van der Waals surface area contributed by atoms with Gasteiger partial charge < -0.3 is 24.2 Å². The summed E-state index contributed by atoms with van der Waals surface area (Å²) in [6, 6.07) is 0. The third-order valence-electron chi connectivity index (χ3n) is 1.63. The summed E-state index contributed by atoms with van der Waals surface area (Å²) < 4.78 is 9.51. The average molecular weight is 182 g/mol. The monoisotopic (exact) mass is 182 g/mol. The highest BCUT2D eigenvalue weighted by molar-refractivity contribution is 7.40. The van der Waals surface area contributed by atoms with Crippen LogP contribution >= 0.6 is 8.60 Å². The molecule has 0 aromatic heterocycles. The minimum Gasteiger partial charge on any atom is -0.396 e. The molecule has 11 heavy (non-hydrogen) atoms. The SMILES string of the molecule is OCC1(CO)COP(O)OC1. The summed E-state index contributed by atoms with van der Waals surface area (Å²) in [6.07, 6.45) is 0. The molecule has 0 atom stereocenters. The molecular weight excluding hydrogens is 171 g/mol. The first-order valence-electron chi connectivity index (χ1n) is 3.19. The summed E-state index contributed by atoms with van der Waals surface area (Å²) in [4.78, 5) is 8.79. The Bertz CT molecular complexity index is 116. The Hall–Kier alpha value is 0.230. The van der Waals surface area contributed by atoms with Gasteiger partial charge in [-0.2, -0.15) is 0 Å². The van der Waals surface area contributed by atoms with Crippen LogP contribution in [0.1, 0.15) is 0 Å². The molecule has 0 unspecified atom stereocenters. The summed E-state index contributed by atoms with van der Waals surface area (Å²) in [5.41, 5.74) is -0.735. The molecule has 0 aliphatic carbocycles. The van der Waals surface area contributed by atoms with Crippen molar-refractivity contribution in [1.82, 2.24) is 0 Å². The zero-order valence-electron chi connectivity index (χ0n) is 5.93. The molecule has 66 valence electrons. The van der Waals surface area contributed by atoms with E-state index in [9.17, 15) is 0 Å². The van der Waals surface area contributed by atoms with E-state index < -0.39 is 14.0 Å². The lowest BCUT2D eigenvalue weighted by Crippen LogP contribution is -2.41. The van der Waals surface area contributed by atoms with Crippen LogP contribution in [0.3, 0.4) is 0 Å². The lowest BCUT2D eigenvalue weighted by Gasteiger charge is -2.34. The van der Waals surface area contributed by atoms with Crippen molar-refractivity contribution in [3.8, 4) is 0 Å². The minimum absolute atomic E-state index is 0.141. The first-order valence-corrected chi connectivity index (χ1v) is 4.32. The number of rotatable bonds is 2. The van der Waals surface area contributed by atoms with E-state index in [0.29, 0.717) is 0 Å². The van der Waals surface area contributed by atoms with Gasteiger partial charge in [0.25, 0.3) is 0 Å². The van der Waals surface area contributed by atoms with Gasteiger partial charge in [-0.15, -0.1) is 0 Å². The Morgan fingerprint density at radius 1 is 1.18 bits per heavy atom. The van der Waals surface area contributed by atoms with Crippen molar-refractivity contribution < 1.29 is 24.2 Å². The molecule has 0 amide bonds. The molecule has 1 fully saturated rings. The normalized spacial score (nSPS) is 25.4. The number of hydrogen-bond donors (Lipinski definition) is 3. The van der Waals surface area contributed by atoms with E-state index >= 15 is 0 Å². The first-order chi connectivity index (χ1) is 5.22.